The van der Waals surface area contributed by atoms with Crippen LogP contribution >= 0.6 is 0 Å². The molecule has 0 amide bonds. The molecule has 14 heavy (non-hydrogen) atoms. The number of hydrogen-bond acceptors (Lipinski definition) is 1. The first kappa shape index (κ1) is 8.94. The monoisotopic (exact) mass is 190 g/mol. The summed E-state index contributed by atoms with van der Waals surface area (Å²) in [5.74, 6) is 0.670. The maximum absolute atomic E-state index is 13.3. The van der Waals surface area contributed by atoms with Crippen molar-refractivity contribution in [2.45, 2.75) is 13.8 Å². The second kappa shape index (κ2) is 3.25. The first-order valence-electron chi connectivity index (χ1n) is 4.45. The van der Waals surface area contributed by atoms with Gasteiger partial charge in [-0.2, -0.15) is 0 Å². The van der Waals surface area contributed by atoms with Gasteiger partial charge in [0, 0.05) is 18.1 Å². The molecule has 1 aromatic carbocycles. The molecule has 2 nitrogen and oxygen atoms in total. The van der Waals surface area contributed by atoms with Crippen LogP contribution in [0.4, 0.5) is 4.39 Å². The fourth-order valence-corrected chi connectivity index (χ4v) is 1.38. The molecule has 3 heteroatoms. The average Bonchev–Trinajstić information content (AvgIpc) is 2.57. The highest BCUT2D eigenvalue weighted by Crippen LogP contribution is 2.14. The molecule has 1 aromatic heterocycles. The molecule has 0 aliphatic rings. The van der Waals surface area contributed by atoms with Crippen molar-refractivity contribution in [1.82, 2.24) is 9.55 Å². The van der Waals surface area contributed by atoms with Crippen molar-refractivity contribution in [3.63, 3.8) is 0 Å². The molecule has 0 spiro atoms. The lowest BCUT2D eigenvalue weighted by Crippen LogP contribution is -1.96. The molecule has 0 aliphatic carbocycles. The lowest BCUT2D eigenvalue weighted by atomic mass is 10.2. The number of benzene rings is 1. The number of aryl methyl sites for hydroxylation is 2. The van der Waals surface area contributed by atoms with Gasteiger partial charge in [-0.15, -0.1) is 0 Å². The summed E-state index contributed by atoms with van der Waals surface area (Å²) in [5, 5.41) is 0. The average molecular weight is 190 g/mol. The highest BCUT2D eigenvalue weighted by atomic mass is 19.1. The smallest absolute Gasteiger partial charge is 0.128 e. The molecule has 0 saturated heterocycles. The summed E-state index contributed by atoms with van der Waals surface area (Å²) in [6.07, 6.45) is 3.52. The van der Waals surface area contributed by atoms with Crippen molar-refractivity contribution in [3.05, 3.63) is 47.8 Å². The second-order valence-electron chi connectivity index (χ2n) is 3.28. The summed E-state index contributed by atoms with van der Waals surface area (Å²) in [6.45, 7) is 3.64. The largest absolute Gasteiger partial charge is 0.304 e. The Labute approximate surface area is 82.0 Å². The third-order valence-electron chi connectivity index (χ3n) is 2.26. The first-order chi connectivity index (χ1) is 6.68. The van der Waals surface area contributed by atoms with Crippen LogP contribution in [0.3, 0.4) is 0 Å². The van der Waals surface area contributed by atoms with Crippen LogP contribution in [0, 0.1) is 19.7 Å². The van der Waals surface area contributed by atoms with Crippen LogP contribution in [0.1, 0.15) is 11.4 Å². The molecule has 1 heterocycles. The van der Waals surface area contributed by atoms with Crippen LogP contribution in [0.2, 0.25) is 0 Å². The Morgan fingerprint density at radius 2 is 2.07 bits per heavy atom. The zero-order chi connectivity index (χ0) is 10.1. The molecule has 0 unspecified atom stereocenters. The Kier molecular flexibility index (Phi) is 2.08. The van der Waals surface area contributed by atoms with Gasteiger partial charge < -0.3 is 4.57 Å². The maximum atomic E-state index is 13.3. The van der Waals surface area contributed by atoms with Crippen LogP contribution in [0.25, 0.3) is 5.69 Å². The van der Waals surface area contributed by atoms with E-state index in [9.17, 15) is 4.39 Å². The molecular formula is C11H11FN2. The second-order valence-corrected chi connectivity index (χ2v) is 3.28. The van der Waals surface area contributed by atoms with Gasteiger partial charge in [-0.1, -0.05) is 6.07 Å². The molecule has 0 fully saturated rings. The van der Waals surface area contributed by atoms with E-state index in [0.29, 0.717) is 5.56 Å². The lowest BCUT2D eigenvalue weighted by molar-refractivity contribution is 0.617. The number of halogens is 1. The van der Waals surface area contributed by atoms with E-state index in [1.165, 1.54) is 6.07 Å². The molecule has 0 aliphatic heterocycles. The van der Waals surface area contributed by atoms with E-state index >= 15 is 0 Å². The molecule has 2 aromatic rings. The van der Waals surface area contributed by atoms with Crippen LogP contribution in [0.5, 0.6) is 0 Å². The fraction of sp³-hybridized carbons (Fsp3) is 0.182. The third kappa shape index (κ3) is 1.41. The van der Waals surface area contributed by atoms with Crippen molar-refractivity contribution >= 4 is 0 Å². The Bertz CT molecular complexity index is 460. The third-order valence-corrected chi connectivity index (χ3v) is 2.26. The lowest BCUT2D eigenvalue weighted by Gasteiger charge is -2.05. The Morgan fingerprint density at radius 1 is 1.29 bits per heavy atom. The van der Waals surface area contributed by atoms with Crippen LogP contribution in [0.15, 0.2) is 30.6 Å². The normalized spacial score (nSPS) is 10.5. The summed E-state index contributed by atoms with van der Waals surface area (Å²) in [4.78, 5) is 4.09. The minimum absolute atomic E-state index is 0.185. The van der Waals surface area contributed by atoms with Crippen LogP contribution < -0.4 is 0 Å². The van der Waals surface area contributed by atoms with Crippen LogP contribution in [-0.2, 0) is 0 Å². The van der Waals surface area contributed by atoms with Crippen molar-refractivity contribution in [1.29, 1.82) is 0 Å². The zero-order valence-electron chi connectivity index (χ0n) is 8.16. The minimum Gasteiger partial charge on any atom is -0.304 e. The van der Waals surface area contributed by atoms with Gasteiger partial charge in [0.1, 0.15) is 11.6 Å². The summed E-state index contributed by atoms with van der Waals surface area (Å²) >= 11 is 0. The Morgan fingerprint density at radius 3 is 2.64 bits per heavy atom. The molecule has 2 rings (SSSR count). The first-order valence-corrected chi connectivity index (χ1v) is 4.45. The van der Waals surface area contributed by atoms with Gasteiger partial charge in [0.15, 0.2) is 0 Å². The summed E-state index contributed by atoms with van der Waals surface area (Å²) in [5.41, 5.74) is 1.47. The number of imidazole rings is 1. The van der Waals surface area contributed by atoms with Gasteiger partial charge >= 0.3 is 0 Å². The summed E-state index contributed by atoms with van der Waals surface area (Å²) < 4.78 is 15.1. The molecule has 0 bridgehead atoms. The highest BCUT2D eigenvalue weighted by Gasteiger charge is 2.02. The molecule has 0 N–H and O–H groups in total. The SMILES string of the molecule is Cc1ccc(-n2ccnc2C)cc1F. The van der Waals surface area contributed by atoms with Gasteiger partial charge in [0.2, 0.25) is 0 Å². The van der Waals surface area contributed by atoms with E-state index in [2.05, 4.69) is 4.98 Å². The number of aromatic nitrogens is 2. The van der Waals surface area contributed by atoms with E-state index in [1.807, 2.05) is 23.8 Å². The predicted octanol–water partition coefficient (Wildman–Crippen LogP) is 2.63. The topological polar surface area (TPSA) is 17.8 Å². The van der Waals surface area contributed by atoms with Gasteiger partial charge in [-0.05, 0) is 31.5 Å². The Balaban J connectivity index is 2.53. The van der Waals surface area contributed by atoms with Crippen molar-refractivity contribution < 1.29 is 4.39 Å². The zero-order valence-corrected chi connectivity index (χ0v) is 8.16. The number of hydrogen-bond donors (Lipinski definition) is 0. The summed E-state index contributed by atoms with van der Waals surface area (Å²) in [7, 11) is 0. The Hall–Kier alpha value is -1.64. The van der Waals surface area contributed by atoms with Gasteiger partial charge in [-0.25, -0.2) is 9.37 Å². The fourth-order valence-electron chi connectivity index (χ4n) is 1.38. The maximum Gasteiger partial charge on any atom is 0.128 e. The van der Waals surface area contributed by atoms with E-state index in [0.717, 1.165) is 11.5 Å². The highest BCUT2D eigenvalue weighted by molar-refractivity contribution is 5.36. The molecule has 0 radical (unpaired) electrons. The van der Waals surface area contributed by atoms with Crippen molar-refractivity contribution in [2.75, 3.05) is 0 Å². The minimum atomic E-state index is -0.185. The molecule has 0 atom stereocenters. The van der Waals surface area contributed by atoms with Crippen molar-refractivity contribution in [2.24, 2.45) is 0 Å². The molecular weight excluding hydrogens is 179 g/mol. The van der Waals surface area contributed by atoms with E-state index in [1.54, 1.807) is 19.2 Å². The molecule has 0 saturated carbocycles. The van der Waals surface area contributed by atoms with Crippen molar-refractivity contribution in [3.8, 4) is 5.69 Å². The summed E-state index contributed by atoms with van der Waals surface area (Å²) in [6, 6.07) is 5.17. The van der Waals surface area contributed by atoms with Gasteiger partial charge in [0.05, 0.1) is 0 Å². The standard InChI is InChI=1S/C11H11FN2/c1-8-3-4-10(7-11(8)12)14-6-5-13-9(14)2/h3-7H,1-2H3. The quantitative estimate of drug-likeness (QED) is 0.676. The van der Waals surface area contributed by atoms with Gasteiger partial charge in [0.25, 0.3) is 0 Å². The van der Waals surface area contributed by atoms with E-state index in [4.69, 9.17) is 0 Å². The van der Waals surface area contributed by atoms with E-state index in [-0.39, 0.29) is 5.82 Å². The number of nitrogens with zero attached hydrogens (tertiary/aromatic N) is 2. The predicted molar refractivity (Wildman–Crippen MR) is 53.0 cm³/mol. The van der Waals surface area contributed by atoms with E-state index < -0.39 is 0 Å². The van der Waals surface area contributed by atoms with Crippen LogP contribution in [-0.4, -0.2) is 9.55 Å². The number of rotatable bonds is 1. The molecule has 72 valence electrons. The van der Waals surface area contributed by atoms with Gasteiger partial charge in [-0.3, -0.25) is 0 Å².